The average molecular weight is 236 g/mol. The van der Waals surface area contributed by atoms with Crippen molar-refractivity contribution in [2.75, 3.05) is 0 Å². The second-order valence-corrected chi connectivity index (χ2v) is 4.21. The molecule has 0 radical (unpaired) electrons. The standard InChI is InChI=1S/C12H13FN2O2/c1-6-5-10(17)14-15-12(6)8-3-4-9(16)7(2)11(8)13/h3-4,6,16H,5H2,1-2H3,(H,14,17). The number of aromatic hydroxyl groups is 1. The first-order valence-electron chi connectivity index (χ1n) is 5.35. The van der Waals surface area contributed by atoms with Crippen LogP contribution in [-0.4, -0.2) is 16.7 Å². The highest BCUT2D eigenvalue weighted by molar-refractivity contribution is 6.06. The van der Waals surface area contributed by atoms with Crippen molar-refractivity contribution in [3.05, 3.63) is 29.1 Å². The summed E-state index contributed by atoms with van der Waals surface area (Å²) in [5.74, 6) is -0.884. The molecule has 2 N–H and O–H groups in total. The highest BCUT2D eigenvalue weighted by Gasteiger charge is 2.24. The van der Waals surface area contributed by atoms with Crippen LogP contribution in [0.4, 0.5) is 4.39 Å². The van der Waals surface area contributed by atoms with E-state index in [9.17, 15) is 14.3 Å². The Bertz CT molecular complexity index is 511. The fourth-order valence-electron chi connectivity index (χ4n) is 1.85. The first kappa shape index (κ1) is 11.6. The van der Waals surface area contributed by atoms with E-state index in [1.807, 2.05) is 6.92 Å². The van der Waals surface area contributed by atoms with Gasteiger partial charge in [0.05, 0.1) is 5.71 Å². The first-order valence-corrected chi connectivity index (χ1v) is 5.35. The smallest absolute Gasteiger partial charge is 0.240 e. The minimum Gasteiger partial charge on any atom is -0.508 e. The molecule has 0 fully saturated rings. The normalized spacial score (nSPS) is 19.8. The van der Waals surface area contributed by atoms with Gasteiger partial charge in [0.1, 0.15) is 11.6 Å². The van der Waals surface area contributed by atoms with E-state index >= 15 is 0 Å². The molecule has 17 heavy (non-hydrogen) atoms. The van der Waals surface area contributed by atoms with Crippen molar-refractivity contribution in [3.63, 3.8) is 0 Å². The first-order chi connectivity index (χ1) is 8.00. The number of nitrogens with zero attached hydrogens (tertiary/aromatic N) is 1. The number of rotatable bonds is 1. The van der Waals surface area contributed by atoms with Gasteiger partial charge in [-0.2, -0.15) is 5.10 Å². The Labute approximate surface area is 98.2 Å². The van der Waals surface area contributed by atoms with Crippen LogP contribution >= 0.6 is 0 Å². The maximum absolute atomic E-state index is 14.0. The maximum Gasteiger partial charge on any atom is 0.240 e. The van der Waals surface area contributed by atoms with Crippen LogP contribution in [0, 0.1) is 18.7 Å². The van der Waals surface area contributed by atoms with E-state index < -0.39 is 5.82 Å². The number of amides is 1. The number of hydrogen-bond donors (Lipinski definition) is 2. The summed E-state index contributed by atoms with van der Waals surface area (Å²) < 4.78 is 14.0. The molecule has 0 saturated carbocycles. The van der Waals surface area contributed by atoms with Gasteiger partial charge in [0.25, 0.3) is 0 Å². The monoisotopic (exact) mass is 236 g/mol. The van der Waals surface area contributed by atoms with Gasteiger partial charge in [0.15, 0.2) is 0 Å². The Kier molecular flexibility index (Phi) is 2.83. The predicted molar refractivity (Wildman–Crippen MR) is 61.3 cm³/mol. The largest absolute Gasteiger partial charge is 0.508 e. The Morgan fingerprint density at radius 1 is 1.53 bits per heavy atom. The summed E-state index contributed by atoms with van der Waals surface area (Å²) in [5.41, 5.74) is 3.36. The average Bonchev–Trinajstić information content (AvgIpc) is 2.28. The van der Waals surface area contributed by atoms with E-state index in [-0.39, 0.29) is 29.6 Å². The van der Waals surface area contributed by atoms with Crippen molar-refractivity contribution >= 4 is 11.6 Å². The molecule has 0 spiro atoms. The molecule has 1 aromatic rings. The number of carbonyl (C=O) groups excluding carboxylic acids is 1. The minimum atomic E-state index is -0.494. The number of carbonyl (C=O) groups is 1. The van der Waals surface area contributed by atoms with Crippen molar-refractivity contribution in [3.8, 4) is 5.75 Å². The molecule has 0 bridgehead atoms. The van der Waals surface area contributed by atoms with Gasteiger partial charge < -0.3 is 5.11 Å². The lowest BCUT2D eigenvalue weighted by Crippen LogP contribution is -2.32. The van der Waals surface area contributed by atoms with Crippen molar-refractivity contribution < 1.29 is 14.3 Å². The lowest BCUT2D eigenvalue weighted by Gasteiger charge is -2.20. The number of halogens is 1. The molecule has 0 saturated heterocycles. The van der Waals surface area contributed by atoms with Gasteiger partial charge >= 0.3 is 0 Å². The van der Waals surface area contributed by atoms with Gasteiger partial charge in [-0.15, -0.1) is 0 Å². The Hall–Kier alpha value is -1.91. The molecule has 1 heterocycles. The zero-order valence-corrected chi connectivity index (χ0v) is 9.62. The SMILES string of the molecule is Cc1c(O)ccc(C2=NNC(=O)CC2C)c1F. The van der Waals surface area contributed by atoms with Gasteiger partial charge in [-0.25, -0.2) is 9.82 Å². The van der Waals surface area contributed by atoms with Gasteiger partial charge in [-0.05, 0) is 19.1 Å². The second-order valence-electron chi connectivity index (χ2n) is 4.21. The number of hydrazone groups is 1. The van der Waals surface area contributed by atoms with E-state index in [2.05, 4.69) is 10.5 Å². The summed E-state index contributed by atoms with van der Waals surface area (Å²) in [6.45, 7) is 3.32. The molecule has 1 aromatic carbocycles. The van der Waals surface area contributed by atoms with E-state index in [0.717, 1.165) is 0 Å². The molecule has 90 valence electrons. The Morgan fingerprint density at radius 2 is 2.24 bits per heavy atom. The van der Waals surface area contributed by atoms with Crippen molar-refractivity contribution in [1.82, 2.24) is 5.43 Å². The number of phenols is 1. The van der Waals surface area contributed by atoms with E-state index in [1.165, 1.54) is 19.1 Å². The van der Waals surface area contributed by atoms with Crippen molar-refractivity contribution in [1.29, 1.82) is 0 Å². The third-order valence-electron chi connectivity index (χ3n) is 2.89. The Morgan fingerprint density at radius 3 is 2.88 bits per heavy atom. The molecule has 2 rings (SSSR count). The summed E-state index contributed by atoms with van der Waals surface area (Å²) in [5, 5.41) is 13.3. The number of benzene rings is 1. The van der Waals surface area contributed by atoms with E-state index in [1.54, 1.807) is 0 Å². The minimum absolute atomic E-state index is 0.0839. The fourth-order valence-corrected chi connectivity index (χ4v) is 1.85. The molecule has 5 heteroatoms. The fraction of sp³-hybridized carbons (Fsp3) is 0.333. The van der Waals surface area contributed by atoms with Crippen molar-refractivity contribution in [2.24, 2.45) is 11.0 Å². The maximum atomic E-state index is 14.0. The summed E-state index contributed by atoms with van der Waals surface area (Å²) in [4.78, 5) is 11.1. The number of phenolic OH excluding ortho intramolecular Hbond substituents is 1. The molecule has 4 nitrogen and oxygen atoms in total. The van der Waals surface area contributed by atoms with Crippen molar-refractivity contribution in [2.45, 2.75) is 20.3 Å². The third-order valence-corrected chi connectivity index (χ3v) is 2.89. The molecule has 1 aliphatic rings. The highest BCUT2D eigenvalue weighted by Crippen LogP contribution is 2.25. The molecule has 1 unspecified atom stereocenters. The summed E-state index contributed by atoms with van der Waals surface area (Å²) in [6, 6.07) is 2.91. The quantitative estimate of drug-likeness (QED) is 0.779. The van der Waals surface area contributed by atoms with Gasteiger partial charge in [0, 0.05) is 23.5 Å². The van der Waals surface area contributed by atoms with E-state index in [4.69, 9.17) is 0 Å². The molecule has 0 aliphatic carbocycles. The zero-order valence-electron chi connectivity index (χ0n) is 9.62. The summed E-state index contributed by atoms with van der Waals surface area (Å²) in [6.07, 6.45) is 0.290. The van der Waals surface area contributed by atoms with Crippen LogP contribution in [0.15, 0.2) is 17.2 Å². The van der Waals surface area contributed by atoms with Gasteiger partial charge in [0.2, 0.25) is 5.91 Å². The van der Waals surface area contributed by atoms with Crippen LogP contribution in [0.2, 0.25) is 0 Å². The third kappa shape index (κ3) is 2.00. The van der Waals surface area contributed by atoms with Gasteiger partial charge in [-0.1, -0.05) is 6.92 Å². The lowest BCUT2D eigenvalue weighted by molar-refractivity contribution is -0.121. The predicted octanol–water partition coefficient (Wildman–Crippen LogP) is 1.70. The highest BCUT2D eigenvalue weighted by atomic mass is 19.1. The van der Waals surface area contributed by atoms with Crippen LogP contribution < -0.4 is 5.43 Å². The number of nitrogens with one attached hydrogen (secondary N) is 1. The molecule has 1 aliphatic heterocycles. The second kappa shape index (κ2) is 4.16. The van der Waals surface area contributed by atoms with Crippen LogP contribution in [0.25, 0.3) is 0 Å². The zero-order chi connectivity index (χ0) is 12.6. The van der Waals surface area contributed by atoms with Crippen LogP contribution in [-0.2, 0) is 4.79 Å². The lowest BCUT2D eigenvalue weighted by atomic mass is 9.92. The molecular formula is C12H13FN2O2. The summed E-state index contributed by atoms with van der Waals surface area (Å²) in [7, 11) is 0. The topological polar surface area (TPSA) is 61.7 Å². The van der Waals surface area contributed by atoms with Gasteiger partial charge in [-0.3, -0.25) is 4.79 Å². The Balaban J connectivity index is 2.48. The molecule has 0 aromatic heterocycles. The van der Waals surface area contributed by atoms with Crippen LogP contribution in [0.1, 0.15) is 24.5 Å². The van der Waals surface area contributed by atoms with Crippen LogP contribution in [0.3, 0.4) is 0 Å². The molecule has 1 atom stereocenters. The molecular weight excluding hydrogens is 223 g/mol. The molecule has 1 amide bonds. The number of hydrogen-bond acceptors (Lipinski definition) is 3. The summed E-state index contributed by atoms with van der Waals surface area (Å²) >= 11 is 0. The van der Waals surface area contributed by atoms with Crippen LogP contribution in [0.5, 0.6) is 5.75 Å². The van der Waals surface area contributed by atoms with E-state index in [0.29, 0.717) is 11.3 Å².